The summed E-state index contributed by atoms with van der Waals surface area (Å²) >= 11 is 0. The van der Waals surface area contributed by atoms with Crippen LogP contribution in [0.1, 0.15) is 68.7 Å². The first-order chi connectivity index (χ1) is 16.2. The Morgan fingerprint density at radius 3 is 2.79 bits per heavy atom. The van der Waals surface area contributed by atoms with Gasteiger partial charge in [0.1, 0.15) is 5.69 Å². The van der Waals surface area contributed by atoms with Crippen LogP contribution in [-0.2, 0) is 0 Å². The summed E-state index contributed by atoms with van der Waals surface area (Å²) in [7, 11) is 0. The highest BCUT2D eigenvalue weighted by Gasteiger charge is 2.26. The molecule has 1 saturated heterocycles. The van der Waals surface area contributed by atoms with E-state index in [1.807, 2.05) is 29.5 Å². The number of anilines is 1. The lowest BCUT2D eigenvalue weighted by Gasteiger charge is -2.35. The summed E-state index contributed by atoms with van der Waals surface area (Å²) in [5.41, 5.74) is 5.43. The molecule has 1 aliphatic heterocycles. The summed E-state index contributed by atoms with van der Waals surface area (Å²) in [6.45, 7) is 5.49. The Hall–Kier alpha value is -2.80. The van der Waals surface area contributed by atoms with Crippen molar-refractivity contribution in [3.05, 3.63) is 54.2 Å². The number of aromatic nitrogens is 5. The minimum absolute atomic E-state index is 0.0224. The van der Waals surface area contributed by atoms with Crippen molar-refractivity contribution in [1.82, 2.24) is 30.3 Å². The highest BCUT2D eigenvalue weighted by molar-refractivity contribution is 5.57. The average molecular weight is 444 g/mol. The van der Waals surface area contributed by atoms with E-state index in [2.05, 4.69) is 50.6 Å². The van der Waals surface area contributed by atoms with Crippen LogP contribution in [0.5, 0.6) is 0 Å². The van der Waals surface area contributed by atoms with Gasteiger partial charge in [0, 0.05) is 37.1 Å². The van der Waals surface area contributed by atoms with Gasteiger partial charge in [-0.25, -0.2) is 4.68 Å². The molecule has 3 aromatic rings. The smallest absolute Gasteiger partial charge is 0.114 e. The quantitative estimate of drug-likeness (QED) is 0.563. The van der Waals surface area contributed by atoms with Crippen LogP contribution in [-0.4, -0.2) is 50.6 Å². The third kappa shape index (κ3) is 4.78. The fraction of sp³-hybridized carbons (Fsp3) is 0.538. The van der Waals surface area contributed by atoms with Crippen LogP contribution in [0.15, 0.2) is 43.0 Å². The zero-order valence-corrected chi connectivity index (χ0v) is 19.4. The summed E-state index contributed by atoms with van der Waals surface area (Å²) in [5.74, 6) is 1.61. The van der Waals surface area contributed by atoms with Crippen molar-refractivity contribution < 1.29 is 0 Å². The van der Waals surface area contributed by atoms with Gasteiger partial charge in [0.15, 0.2) is 0 Å². The third-order valence-corrected chi connectivity index (χ3v) is 7.39. The second kappa shape index (κ2) is 8.86. The predicted octanol–water partition coefficient (Wildman–Crippen LogP) is 4.19. The van der Waals surface area contributed by atoms with Crippen LogP contribution in [0.4, 0.5) is 5.69 Å². The first-order valence-electron chi connectivity index (χ1n) is 12.5. The molecule has 1 N–H and O–H groups in total. The summed E-state index contributed by atoms with van der Waals surface area (Å²) in [4.78, 5) is 11.7. The molecule has 33 heavy (non-hydrogen) atoms. The van der Waals surface area contributed by atoms with Crippen molar-refractivity contribution in [2.75, 3.05) is 24.5 Å². The monoisotopic (exact) mass is 443 g/mol. The normalized spacial score (nSPS) is 21.8. The fourth-order valence-corrected chi connectivity index (χ4v) is 4.84. The molecule has 0 aromatic carbocycles. The SMILES string of the molecule is CC(c1ccc(N2CCC[C@@H](NCC3CC3)C2)cn1)n1cc(-c2cncc(C3CC3)c2)nn1. The Labute approximate surface area is 195 Å². The van der Waals surface area contributed by atoms with Crippen LogP contribution >= 0.6 is 0 Å². The highest BCUT2D eigenvalue weighted by atomic mass is 15.4. The number of hydrogen-bond donors (Lipinski definition) is 1. The van der Waals surface area contributed by atoms with E-state index in [-0.39, 0.29) is 6.04 Å². The van der Waals surface area contributed by atoms with E-state index in [0.717, 1.165) is 36.0 Å². The molecule has 172 valence electrons. The summed E-state index contributed by atoms with van der Waals surface area (Å²) in [6, 6.07) is 7.18. The minimum atomic E-state index is 0.0224. The largest absolute Gasteiger partial charge is 0.369 e. The Balaban J connectivity index is 1.11. The van der Waals surface area contributed by atoms with Gasteiger partial charge in [0.2, 0.25) is 0 Å². The van der Waals surface area contributed by atoms with Crippen molar-refractivity contribution in [1.29, 1.82) is 0 Å². The van der Waals surface area contributed by atoms with Crippen molar-refractivity contribution in [3.63, 3.8) is 0 Å². The first-order valence-corrected chi connectivity index (χ1v) is 12.5. The minimum Gasteiger partial charge on any atom is -0.369 e. The third-order valence-electron chi connectivity index (χ3n) is 7.39. The Morgan fingerprint density at radius 2 is 2.00 bits per heavy atom. The molecule has 7 heteroatoms. The maximum Gasteiger partial charge on any atom is 0.114 e. The summed E-state index contributed by atoms with van der Waals surface area (Å²) < 4.78 is 1.90. The maximum absolute atomic E-state index is 4.80. The van der Waals surface area contributed by atoms with Crippen LogP contribution in [0, 0.1) is 5.92 Å². The van der Waals surface area contributed by atoms with Crippen molar-refractivity contribution in [2.45, 2.75) is 63.5 Å². The predicted molar refractivity (Wildman–Crippen MR) is 129 cm³/mol. The second-order valence-electron chi connectivity index (χ2n) is 10.1. The molecule has 4 heterocycles. The highest BCUT2D eigenvalue weighted by Crippen LogP contribution is 2.40. The molecule has 0 bridgehead atoms. The Kier molecular flexibility index (Phi) is 5.58. The van der Waals surface area contributed by atoms with E-state index in [9.17, 15) is 0 Å². The van der Waals surface area contributed by atoms with Crippen LogP contribution in [0.3, 0.4) is 0 Å². The standard InChI is InChI=1S/C26H33N7/c1-18(33-17-26(30-31-33)22-11-21(13-27-14-22)20-6-7-20)25-9-8-24(15-29-25)32-10-2-3-23(16-32)28-12-19-4-5-19/h8-9,11,13-15,17-20,23,28H,2-7,10,12,16H2,1H3/t18?,23-/m1/s1. The van der Waals surface area contributed by atoms with Crippen LogP contribution < -0.4 is 10.2 Å². The molecular weight excluding hydrogens is 410 g/mol. The molecule has 3 fully saturated rings. The molecule has 7 nitrogen and oxygen atoms in total. The zero-order chi connectivity index (χ0) is 22.2. The Morgan fingerprint density at radius 1 is 1.09 bits per heavy atom. The number of nitrogens with one attached hydrogen (secondary N) is 1. The number of rotatable bonds is 8. The molecule has 2 saturated carbocycles. The molecule has 0 amide bonds. The molecule has 2 atom stereocenters. The van der Waals surface area contributed by atoms with E-state index >= 15 is 0 Å². The summed E-state index contributed by atoms with van der Waals surface area (Å²) in [6.07, 6.45) is 15.8. The maximum atomic E-state index is 4.80. The zero-order valence-electron chi connectivity index (χ0n) is 19.4. The molecular formula is C26H33N7. The van der Waals surface area contributed by atoms with Gasteiger partial charge >= 0.3 is 0 Å². The van der Waals surface area contributed by atoms with Crippen molar-refractivity contribution in [2.24, 2.45) is 5.92 Å². The van der Waals surface area contributed by atoms with Gasteiger partial charge in [-0.1, -0.05) is 5.21 Å². The van der Waals surface area contributed by atoms with E-state index in [1.54, 1.807) is 0 Å². The molecule has 6 rings (SSSR count). The lowest BCUT2D eigenvalue weighted by atomic mass is 10.0. The van der Waals surface area contributed by atoms with Gasteiger partial charge in [-0.3, -0.25) is 9.97 Å². The first kappa shape index (κ1) is 20.8. The molecule has 0 spiro atoms. The molecule has 3 aliphatic rings. The molecule has 3 aromatic heterocycles. The van der Waals surface area contributed by atoms with Gasteiger partial charge in [-0.2, -0.15) is 0 Å². The van der Waals surface area contributed by atoms with E-state index < -0.39 is 0 Å². The topological polar surface area (TPSA) is 71.8 Å². The van der Waals surface area contributed by atoms with Crippen molar-refractivity contribution in [3.8, 4) is 11.3 Å². The lowest BCUT2D eigenvalue weighted by molar-refractivity contribution is 0.416. The van der Waals surface area contributed by atoms with Gasteiger partial charge in [0.05, 0.1) is 29.8 Å². The van der Waals surface area contributed by atoms with Gasteiger partial charge in [0.25, 0.3) is 0 Å². The lowest BCUT2D eigenvalue weighted by Crippen LogP contribution is -2.46. The molecule has 2 aliphatic carbocycles. The number of nitrogens with zero attached hydrogens (tertiary/aromatic N) is 6. The average Bonchev–Trinajstić information content (AvgIpc) is 3.81. The van der Waals surface area contributed by atoms with Gasteiger partial charge < -0.3 is 10.2 Å². The molecule has 1 unspecified atom stereocenters. The van der Waals surface area contributed by atoms with Gasteiger partial charge in [-0.05, 0) is 87.6 Å². The van der Waals surface area contributed by atoms with Gasteiger partial charge in [-0.15, -0.1) is 5.10 Å². The Bertz CT molecular complexity index is 1080. The van der Waals surface area contributed by atoms with E-state index in [1.165, 1.54) is 56.3 Å². The number of pyridine rings is 2. The van der Waals surface area contributed by atoms with E-state index in [0.29, 0.717) is 12.0 Å². The van der Waals surface area contributed by atoms with E-state index in [4.69, 9.17) is 4.98 Å². The van der Waals surface area contributed by atoms with Crippen molar-refractivity contribution >= 4 is 5.69 Å². The summed E-state index contributed by atoms with van der Waals surface area (Å²) in [5, 5.41) is 12.6. The second-order valence-corrected chi connectivity index (χ2v) is 10.1. The number of hydrogen-bond acceptors (Lipinski definition) is 6. The molecule has 0 radical (unpaired) electrons. The van der Waals surface area contributed by atoms with Crippen LogP contribution in [0.2, 0.25) is 0 Å². The van der Waals surface area contributed by atoms with Crippen LogP contribution in [0.25, 0.3) is 11.3 Å². The fourth-order valence-electron chi connectivity index (χ4n) is 4.84. The number of piperidine rings is 1.